The molecule has 0 spiro atoms. The van der Waals surface area contributed by atoms with Crippen molar-refractivity contribution in [3.8, 4) is 0 Å². The Kier molecular flexibility index (Phi) is 5.19. The van der Waals surface area contributed by atoms with Crippen LogP contribution in [-0.4, -0.2) is 29.1 Å². The Morgan fingerprint density at radius 3 is 2.95 bits per heavy atom. The summed E-state index contributed by atoms with van der Waals surface area (Å²) in [4.78, 5) is 0. The quantitative estimate of drug-likeness (QED) is 0.877. The zero-order valence-corrected chi connectivity index (χ0v) is 14.4. The number of rotatable bonds is 5. The highest BCUT2D eigenvalue weighted by Crippen LogP contribution is 2.31. The molecule has 1 fully saturated rings. The summed E-state index contributed by atoms with van der Waals surface area (Å²) in [6, 6.07) is 8.65. The SMILES string of the molecule is CCc1c(C(C)NCC2CSCCS2)oc2ccccc12. The molecule has 0 radical (unpaired) electrons. The summed E-state index contributed by atoms with van der Waals surface area (Å²) >= 11 is 4.18. The first-order chi connectivity index (χ1) is 10.3. The van der Waals surface area contributed by atoms with Gasteiger partial charge in [-0.25, -0.2) is 0 Å². The lowest BCUT2D eigenvalue weighted by Crippen LogP contribution is -2.31. The number of hydrogen-bond donors (Lipinski definition) is 1. The molecule has 0 bridgehead atoms. The highest BCUT2D eigenvalue weighted by molar-refractivity contribution is 8.06. The van der Waals surface area contributed by atoms with E-state index in [4.69, 9.17) is 4.42 Å². The maximum Gasteiger partial charge on any atom is 0.134 e. The third kappa shape index (κ3) is 3.43. The molecule has 2 atom stereocenters. The van der Waals surface area contributed by atoms with E-state index in [9.17, 15) is 0 Å². The van der Waals surface area contributed by atoms with Gasteiger partial charge in [0, 0.05) is 40.0 Å². The Morgan fingerprint density at radius 1 is 1.33 bits per heavy atom. The third-order valence-electron chi connectivity index (χ3n) is 4.01. The fourth-order valence-corrected chi connectivity index (χ4v) is 5.51. The number of thioether (sulfide) groups is 2. The van der Waals surface area contributed by atoms with Crippen LogP contribution in [0.3, 0.4) is 0 Å². The molecule has 1 aromatic heterocycles. The van der Waals surface area contributed by atoms with Crippen molar-refractivity contribution in [2.75, 3.05) is 23.8 Å². The number of benzene rings is 1. The standard InChI is InChI=1S/C17H23NOS2/c1-3-14-15-6-4-5-7-16(15)19-17(14)12(2)18-10-13-11-20-8-9-21-13/h4-7,12-13,18H,3,8-11H2,1-2H3. The van der Waals surface area contributed by atoms with E-state index in [-0.39, 0.29) is 6.04 Å². The molecule has 2 nitrogen and oxygen atoms in total. The molecule has 1 N–H and O–H groups in total. The second kappa shape index (κ2) is 7.12. The van der Waals surface area contributed by atoms with E-state index in [1.165, 1.54) is 28.2 Å². The molecule has 114 valence electrons. The summed E-state index contributed by atoms with van der Waals surface area (Å²) in [6.07, 6.45) is 1.02. The van der Waals surface area contributed by atoms with E-state index in [0.29, 0.717) is 0 Å². The molecule has 1 saturated heterocycles. The maximum absolute atomic E-state index is 6.12. The molecule has 1 aliphatic rings. The minimum absolute atomic E-state index is 0.278. The van der Waals surface area contributed by atoms with Crippen molar-refractivity contribution in [2.24, 2.45) is 0 Å². The molecule has 4 heteroatoms. The first kappa shape index (κ1) is 15.3. The van der Waals surface area contributed by atoms with Gasteiger partial charge in [0.15, 0.2) is 0 Å². The summed E-state index contributed by atoms with van der Waals surface area (Å²) in [5.74, 6) is 4.98. The van der Waals surface area contributed by atoms with Crippen LogP contribution in [-0.2, 0) is 6.42 Å². The number of fused-ring (bicyclic) bond motifs is 1. The van der Waals surface area contributed by atoms with Gasteiger partial charge in [0.25, 0.3) is 0 Å². The van der Waals surface area contributed by atoms with E-state index in [0.717, 1.165) is 29.6 Å². The largest absolute Gasteiger partial charge is 0.459 e. The summed E-state index contributed by atoms with van der Waals surface area (Å²) in [6.45, 7) is 5.50. The Hall–Kier alpha value is -0.580. The average Bonchev–Trinajstić information content (AvgIpc) is 2.92. The van der Waals surface area contributed by atoms with Crippen LogP contribution in [0.1, 0.15) is 31.2 Å². The predicted octanol–water partition coefficient (Wildman–Crippen LogP) is 4.49. The highest BCUT2D eigenvalue weighted by atomic mass is 32.2. The fourth-order valence-electron chi connectivity index (χ4n) is 2.89. The first-order valence-corrected chi connectivity index (χ1v) is 9.93. The van der Waals surface area contributed by atoms with Gasteiger partial charge in [0.2, 0.25) is 0 Å². The minimum Gasteiger partial charge on any atom is -0.459 e. The summed E-state index contributed by atoms with van der Waals surface area (Å²) in [7, 11) is 0. The lowest BCUT2D eigenvalue weighted by molar-refractivity contribution is 0.449. The number of para-hydroxylation sites is 1. The molecule has 2 unspecified atom stereocenters. The fraction of sp³-hybridized carbons (Fsp3) is 0.529. The van der Waals surface area contributed by atoms with Crippen molar-refractivity contribution in [2.45, 2.75) is 31.6 Å². The highest BCUT2D eigenvalue weighted by Gasteiger charge is 2.20. The van der Waals surface area contributed by atoms with E-state index >= 15 is 0 Å². The summed E-state index contributed by atoms with van der Waals surface area (Å²) in [5, 5.41) is 5.68. The van der Waals surface area contributed by atoms with E-state index in [2.05, 4.69) is 60.9 Å². The van der Waals surface area contributed by atoms with Crippen molar-refractivity contribution in [1.82, 2.24) is 5.32 Å². The average molecular weight is 322 g/mol. The van der Waals surface area contributed by atoms with Crippen molar-refractivity contribution in [3.63, 3.8) is 0 Å². The van der Waals surface area contributed by atoms with Gasteiger partial charge in [0.1, 0.15) is 11.3 Å². The summed E-state index contributed by atoms with van der Waals surface area (Å²) in [5.41, 5.74) is 2.37. The molecule has 0 aliphatic carbocycles. The van der Waals surface area contributed by atoms with Crippen LogP contribution in [0.2, 0.25) is 0 Å². The zero-order chi connectivity index (χ0) is 14.7. The number of aryl methyl sites for hydroxylation is 1. The van der Waals surface area contributed by atoms with Crippen molar-refractivity contribution in [3.05, 3.63) is 35.6 Å². The number of furan rings is 1. The van der Waals surface area contributed by atoms with Gasteiger partial charge in [-0.3, -0.25) is 0 Å². The van der Waals surface area contributed by atoms with Crippen molar-refractivity contribution in [1.29, 1.82) is 0 Å². The van der Waals surface area contributed by atoms with Gasteiger partial charge in [-0.15, -0.1) is 0 Å². The Bertz CT molecular complexity index is 589. The Balaban J connectivity index is 1.72. The van der Waals surface area contributed by atoms with E-state index in [1.807, 2.05) is 6.07 Å². The van der Waals surface area contributed by atoms with Crippen LogP contribution in [0.25, 0.3) is 11.0 Å². The first-order valence-electron chi connectivity index (χ1n) is 7.72. The van der Waals surface area contributed by atoms with Gasteiger partial charge >= 0.3 is 0 Å². The second-order valence-corrected chi connectivity index (χ2v) is 8.05. The molecule has 2 heterocycles. The second-order valence-electron chi connectivity index (χ2n) is 5.49. The molecule has 1 aliphatic heterocycles. The number of nitrogens with one attached hydrogen (secondary N) is 1. The molecule has 0 saturated carbocycles. The van der Waals surface area contributed by atoms with Gasteiger partial charge in [-0.05, 0) is 19.4 Å². The molecular formula is C17H23NOS2. The van der Waals surface area contributed by atoms with E-state index < -0.39 is 0 Å². The molecular weight excluding hydrogens is 298 g/mol. The number of hydrogen-bond acceptors (Lipinski definition) is 4. The summed E-state index contributed by atoms with van der Waals surface area (Å²) < 4.78 is 6.12. The van der Waals surface area contributed by atoms with Crippen LogP contribution < -0.4 is 5.32 Å². The van der Waals surface area contributed by atoms with Crippen molar-refractivity contribution >= 4 is 34.5 Å². The molecule has 1 aromatic carbocycles. The Labute approximate surface area is 135 Å². The Morgan fingerprint density at radius 2 is 2.19 bits per heavy atom. The monoisotopic (exact) mass is 321 g/mol. The van der Waals surface area contributed by atoms with Gasteiger partial charge in [0.05, 0.1) is 6.04 Å². The smallest absolute Gasteiger partial charge is 0.134 e. The molecule has 3 rings (SSSR count). The zero-order valence-electron chi connectivity index (χ0n) is 12.7. The van der Waals surface area contributed by atoms with Crippen LogP contribution in [0.5, 0.6) is 0 Å². The third-order valence-corrected chi connectivity index (χ3v) is 6.86. The lowest BCUT2D eigenvalue weighted by atomic mass is 10.1. The van der Waals surface area contributed by atoms with Gasteiger partial charge in [-0.2, -0.15) is 23.5 Å². The van der Waals surface area contributed by atoms with Gasteiger partial charge in [-0.1, -0.05) is 25.1 Å². The maximum atomic E-state index is 6.12. The van der Waals surface area contributed by atoms with Crippen LogP contribution in [0.4, 0.5) is 0 Å². The van der Waals surface area contributed by atoms with Crippen LogP contribution >= 0.6 is 23.5 Å². The van der Waals surface area contributed by atoms with Gasteiger partial charge < -0.3 is 9.73 Å². The molecule has 0 amide bonds. The molecule has 2 aromatic rings. The predicted molar refractivity (Wildman–Crippen MR) is 95.6 cm³/mol. The topological polar surface area (TPSA) is 25.2 Å². The van der Waals surface area contributed by atoms with Crippen LogP contribution in [0.15, 0.2) is 28.7 Å². The molecule has 21 heavy (non-hydrogen) atoms. The normalized spacial score (nSPS) is 20.8. The van der Waals surface area contributed by atoms with Crippen molar-refractivity contribution < 1.29 is 4.42 Å². The minimum atomic E-state index is 0.278. The van der Waals surface area contributed by atoms with Crippen LogP contribution in [0, 0.1) is 0 Å². The lowest BCUT2D eigenvalue weighted by Gasteiger charge is -2.23. The van der Waals surface area contributed by atoms with E-state index in [1.54, 1.807) is 0 Å².